The van der Waals surface area contributed by atoms with Crippen molar-refractivity contribution >= 4 is 39.2 Å². The first-order chi connectivity index (χ1) is 9.70. The molecule has 0 amide bonds. The molecule has 1 unspecified atom stereocenters. The van der Waals surface area contributed by atoms with Crippen molar-refractivity contribution in [1.82, 2.24) is 4.72 Å². The van der Waals surface area contributed by atoms with Gasteiger partial charge in [-0.1, -0.05) is 30.1 Å². The Morgan fingerprint density at radius 1 is 1.38 bits per heavy atom. The molecule has 3 N–H and O–H groups in total. The summed E-state index contributed by atoms with van der Waals surface area (Å²) in [5.41, 5.74) is -0.463. The number of nitrogens with one attached hydrogen (secondary N) is 1. The Morgan fingerprint density at radius 2 is 2.00 bits per heavy atom. The van der Waals surface area contributed by atoms with Gasteiger partial charge in [-0.15, -0.1) is 0 Å². The van der Waals surface area contributed by atoms with Gasteiger partial charge in [-0.3, -0.25) is 0 Å². The molecular formula is C12H15Cl2NO5S. The topological polar surface area (TPSA) is 104 Å². The molecule has 0 spiro atoms. The summed E-state index contributed by atoms with van der Waals surface area (Å²) < 4.78 is 26.5. The van der Waals surface area contributed by atoms with Gasteiger partial charge in [-0.2, -0.15) is 0 Å². The molecule has 0 aliphatic rings. The number of aliphatic hydroxyl groups is 1. The van der Waals surface area contributed by atoms with E-state index in [-0.39, 0.29) is 22.9 Å². The first kappa shape index (κ1) is 18.2. The van der Waals surface area contributed by atoms with Crippen molar-refractivity contribution in [3.63, 3.8) is 0 Å². The lowest BCUT2D eigenvalue weighted by Gasteiger charge is -2.12. The fourth-order valence-electron chi connectivity index (χ4n) is 1.58. The van der Waals surface area contributed by atoms with Gasteiger partial charge in [0.25, 0.3) is 0 Å². The molecule has 1 aromatic rings. The van der Waals surface area contributed by atoms with Gasteiger partial charge >= 0.3 is 5.97 Å². The van der Waals surface area contributed by atoms with E-state index in [1.54, 1.807) is 6.92 Å². The number of carbonyl (C=O) groups is 1. The van der Waals surface area contributed by atoms with Crippen molar-refractivity contribution in [2.24, 2.45) is 0 Å². The highest BCUT2D eigenvalue weighted by Crippen LogP contribution is 2.30. The van der Waals surface area contributed by atoms with Crippen LogP contribution < -0.4 is 4.72 Å². The van der Waals surface area contributed by atoms with Gasteiger partial charge in [0, 0.05) is 6.54 Å². The zero-order valence-corrected chi connectivity index (χ0v) is 13.5. The molecule has 0 aromatic heterocycles. The average molecular weight is 356 g/mol. The molecule has 21 heavy (non-hydrogen) atoms. The lowest BCUT2D eigenvalue weighted by molar-refractivity contribution is 0.0697. The van der Waals surface area contributed by atoms with Crippen LogP contribution in [0.5, 0.6) is 0 Å². The number of rotatable bonds is 7. The highest BCUT2D eigenvalue weighted by Gasteiger charge is 2.24. The molecule has 6 nitrogen and oxygen atoms in total. The predicted molar refractivity (Wildman–Crippen MR) is 79.5 cm³/mol. The number of benzene rings is 1. The van der Waals surface area contributed by atoms with E-state index in [2.05, 4.69) is 4.72 Å². The zero-order valence-electron chi connectivity index (χ0n) is 11.1. The Morgan fingerprint density at radius 3 is 2.52 bits per heavy atom. The van der Waals surface area contributed by atoms with E-state index in [1.165, 1.54) is 0 Å². The van der Waals surface area contributed by atoms with Crippen LogP contribution in [0.25, 0.3) is 0 Å². The fraction of sp³-hybridized carbons (Fsp3) is 0.417. The van der Waals surface area contributed by atoms with Crippen LogP contribution in [0.4, 0.5) is 0 Å². The maximum atomic E-state index is 12.1. The molecule has 1 aromatic carbocycles. The SMILES string of the molecule is CCC(O)CCNS(=O)(=O)c1ccc(Cl)c(C(=O)O)c1Cl. The van der Waals surface area contributed by atoms with E-state index in [1.807, 2.05) is 0 Å². The number of carboxylic acid groups (broad SMARTS) is 1. The summed E-state index contributed by atoms with van der Waals surface area (Å²) in [7, 11) is -3.98. The minimum Gasteiger partial charge on any atom is -0.478 e. The van der Waals surface area contributed by atoms with Crippen LogP contribution in [0.3, 0.4) is 0 Å². The van der Waals surface area contributed by atoms with E-state index in [0.717, 1.165) is 12.1 Å². The normalized spacial score (nSPS) is 13.1. The lowest BCUT2D eigenvalue weighted by Crippen LogP contribution is -2.27. The van der Waals surface area contributed by atoms with E-state index < -0.39 is 32.7 Å². The molecule has 0 heterocycles. The highest BCUT2D eigenvalue weighted by molar-refractivity contribution is 7.89. The Kier molecular flexibility index (Phi) is 6.42. The van der Waals surface area contributed by atoms with Crippen molar-refractivity contribution in [1.29, 1.82) is 0 Å². The van der Waals surface area contributed by atoms with Crippen LogP contribution in [0, 0.1) is 0 Å². The third-order valence-corrected chi connectivity index (χ3v) is 5.12. The van der Waals surface area contributed by atoms with Crippen molar-refractivity contribution in [3.8, 4) is 0 Å². The van der Waals surface area contributed by atoms with E-state index in [0.29, 0.717) is 6.42 Å². The van der Waals surface area contributed by atoms with Crippen LogP contribution in [0.15, 0.2) is 17.0 Å². The molecule has 9 heteroatoms. The lowest BCUT2D eigenvalue weighted by atomic mass is 10.2. The number of sulfonamides is 1. The Hall–Kier alpha value is -0.860. The van der Waals surface area contributed by atoms with Gasteiger partial charge in [-0.25, -0.2) is 17.9 Å². The molecule has 0 bridgehead atoms. The minimum absolute atomic E-state index is 0.0126. The van der Waals surface area contributed by atoms with E-state index in [9.17, 15) is 18.3 Å². The number of hydrogen-bond acceptors (Lipinski definition) is 4. The van der Waals surface area contributed by atoms with Crippen LogP contribution in [0.2, 0.25) is 10.0 Å². The van der Waals surface area contributed by atoms with Crippen LogP contribution >= 0.6 is 23.2 Å². The van der Waals surface area contributed by atoms with Crippen molar-refractivity contribution in [2.45, 2.75) is 30.8 Å². The number of aliphatic hydroxyl groups excluding tert-OH is 1. The summed E-state index contributed by atoms with van der Waals surface area (Å²) >= 11 is 11.5. The van der Waals surface area contributed by atoms with Gasteiger partial charge in [0.05, 0.1) is 21.7 Å². The molecule has 1 rings (SSSR count). The smallest absolute Gasteiger partial charge is 0.338 e. The number of halogens is 2. The largest absolute Gasteiger partial charge is 0.478 e. The number of carboxylic acids is 1. The second-order valence-corrected chi connectivity index (χ2v) is 6.81. The zero-order chi connectivity index (χ0) is 16.2. The van der Waals surface area contributed by atoms with Crippen molar-refractivity contribution in [3.05, 3.63) is 27.7 Å². The monoisotopic (exact) mass is 355 g/mol. The van der Waals surface area contributed by atoms with Crippen molar-refractivity contribution in [2.75, 3.05) is 6.54 Å². The van der Waals surface area contributed by atoms with Gasteiger partial charge in [0.15, 0.2) is 0 Å². The minimum atomic E-state index is -3.98. The first-order valence-electron chi connectivity index (χ1n) is 6.09. The second kappa shape index (κ2) is 7.42. The number of hydrogen-bond donors (Lipinski definition) is 3. The summed E-state index contributed by atoms with van der Waals surface area (Å²) in [4.78, 5) is 10.7. The molecule has 0 radical (unpaired) electrons. The first-order valence-corrected chi connectivity index (χ1v) is 8.33. The summed E-state index contributed by atoms with van der Waals surface area (Å²) in [6.45, 7) is 1.78. The summed E-state index contributed by atoms with van der Waals surface area (Å²) in [5.74, 6) is -1.41. The predicted octanol–water partition coefficient (Wildman–Crippen LogP) is 2.13. The standard InChI is InChI=1S/C12H15Cl2NO5S/c1-2-7(16)5-6-15-21(19,20)9-4-3-8(13)10(11(9)14)12(17)18/h3-4,7,15-16H,2,5-6H2,1H3,(H,17,18). The van der Waals surface area contributed by atoms with E-state index >= 15 is 0 Å². The molecule has 0 fully saturated rings. The number of aromatic carboxylic acids is 1. The van der Waals surface area contributed by atoms with Gasteiger partial charge in [0.2, 0.25) is 10.0 Å². The molecular weight excluding hydrogens is 341 g/mol. The van der Waals surface area contributed by atoms with E-state index in [4.69, 9.17) is 28.3 Å². The average Bonchev–Trinajstić information content (AvgIpc) is 2.37. The Bertz CT molecular complexity index is 633. The molecule has 0 aliphatic heterocycles. The molecule has 118 valence electrons. The summed E-state index contributed by atoms with van der Waals surface area (Å²) in [6, 6.07) is 2.29. The Labute approximate surface area is 132 Å². The highest BCUT2D eigenvalue weighted by atomic mass is 35.5. The molecule has 1 atom stereocenters. The maximum Gasteiger partial charge on any atom is 0.338 e. The maximum absolute atomic E-state index is 12.1. The molecule has 0 saturated carbocycles. The quantitative estimate of drug-likeness (QED) is 0.694. The van der Waals surface area contributed by atoms with Crippen LogP contribution in [-0.2, 0) is 10.0 Å². The van der Waals surface area contributed by atoms with Gasteiger partial charge in [0.1, 0.15) is 4.90 Å². The van der Waals surface area contributed by atoms with Crippen LogP contribution in [-0.4, -0.2) is 37.2 Å². The second-order valence-electron chi connectivity index (χ2n) is 4.29. The third kappa shape index (κ3) is 4.55. The Balaban J connectivity index is 3.04. The van der Waals surface area contributed by atoms with Gasteiger partial charge < -0.3 is 10.2 Å². The molecule has 0 aliphatic carbocycles. The fourth-order valence-corrected chi connectivity index (χ4v) is 3.54. The summed E-state index contributed by atoms with van der Waals surface area (Å²) in [6.07, 6.45) is 0.141. The third-order valence-electron chi connectivity index (χ3n) is 2.80. The van der Waals surface area contributed by atoms with Crippen molar-refractivity contribution < 1.29 is 23.4 Å². The summed E-state index contributed by atoms with van der Waals surface area (Å²) in [5, 5.41) is 17.8. The molecule has 0 saturated heterocycles. The van der Waals surface area contributed by atoms with Gasteiger partial charge in [-0.05, 0) is 25.0 Å². The van der Waals surface area contributed by atoms with Crippen LogP contribution in [0.1, 0.15) is 30.1 Å².